The van der Waals surface area contributed by atoms with Crippen molar-refractivity contribution in [2.24, 2.45) is 0 Å². The largest absolute Gasteiger partial charge is 0.489 e. The van der Waals surface area contributed by atoms with E-state index in [9.17, 15) is 9.59 Å². The number of hydrogen-bond donors (Lipinski definition) is 2. The highest BCUT2D eigenvalue weighted by molar-refractivity contribution is 5.80. The number of carbonyl (C=O) groups excluding carboxylic acids is 1. The molecule has 1 amide bonds. The van der Waals surface area contributed by atoms with Crippen LogP contribution >= 0.6 is 0 Å². The summed E-state index contributed by atoms with van der Waals surface area (Å²) >= 11 is 0. The normalized spacial score (nSPS) is 10.2. The minimum atomic E-state index is -0.975. The molecule has 2 rings (SSSR count). The van der Waals surface area contributed by atoms with Crippen molar-refractivity contribution in [2.75, 3.05) is 0 Å². The van der Waals surface area contributed by atoms with E-state index < -0.39 is 5.97 Å². The van der Waals surface area contributed by atoms with E-state index in [0.717, 1.165) is 16.9 Å². The second-order valence-corrected chi connectivity index (χ2v) is 5.60. The number of rotatable bonds is 8. The lowest BCUT2D eigenvalue weighted by Gasteiger charge is -2.09. The molecule has 5 heteroatoms. The van der Waals surface area contributed by atoms with Crippen molar-refractivity contribution in [3.63, 3.8) is 0 Å². The van der Waals surface area contributed by atoms with Gasteiger partial charge in [-0.15, -0.1) is 0 Å². The summed E-state index contributed by atoms with van der Waals surface area (Å²) < 4.78 is 5.78. The highest BCUT2D eigenvalue weighted by Gasteiger charge is 2.05. The van der Waals surface area contributed by atoms with Crippen molar-refractivity contribution in [1.82, 2.24) is 5.32 Å². The summed E-state index contributed by atoms with van der Waals surface area (Å²) in [6, 6.07) is 15.6. The Morgan fingerprint density at radius 3 is 2.54 bits per heavy atom. The highest BCUT2D eigenvalue weighted by Crippen LogP contribution is 2.15. The van der Waals surface area contributed by atoms with Gasteiger partial charge in [0.2, 0.25) is 5.91 Å². The van der Waals surface area contributed by atoms with Gasteiger partial charge < -0.3 is 15.2 Å². The molecule has 0 heterocycles. The van der Waals surface area contributed by atoms with E-state index in [1.165, 1.54) is 5.56 Å². The summed E-state index contributed by atoms with van der Waals surface area (Å²) in [6.45, 7) is 2.87. The maximum atomic E-state index is 11.5. The number of carboxylic acid groups (broad SMARTS) is 1. The molecule has 0 aliphatic carbocycles. The third-order valence-corrected chi connectivity index (χ3v) is 3.44. The molecule has 0 aliphatic rings. The van der Waals surface area contributed by atoms with Gasteiger partial charge in [0, 0.05) is 13.0 Å². The molecule has 0 radical (unpaired) electrons. The zero-order valence-corrected chi connectivity index (χ0v) is 13.6. The van der Waals surface area contributed by atoms with E-state index in [4.69, 9.17) is 9.84 Å². The molecule has 126 valence electrons. The van der Waals surface area contributed by atoms with Gasteiger partial charge in [0.15, 0.2) is 0 Å². The van der Waals surface area contributed by atoms with Crippen molar-refractivity contribution in [2.45, 2.75) is 32.9 Å². The Bertz CT molecular complexity index is 712. The minimum Gasteiger partial charge on any atom is -0.489 e. The molecular weight excluding hydrogens is 306 g/mol. The summed E-state index contributed by atoms with van der Waals surface area (Å²) in [5, 5.41) is 11.3. The van der Waals surface area contributed by atoms with Crippen LogP contribution in [0, 0.1) is 6.92 Å². The SMILES string of the molecule is Cc1cccc(COc2cccc(CNC(=O)CCC(=O)O)c2)c1. The van der Waals surface area contributed by atoms with Gasteiger partial charge in [0.25, 0.3) is 0 Å². The molecule has 2 N–H and O–H groups in total. The van der Waals surface area contributed by atoms with Gasteiger partial charge in [-0.05, 0) is 30.2 Å². The Morgan fingerprint density at radius 2 is 1.79 bits per heavy atom. The van der Waals surface area contributed by atoms with Crippen molar-refractivity contribution in [3.8, 4) is 5.75 Å². The number of aryl methyl sites for hydroxylation is 1. The topological polar surface area (TPSA) is 75.6 Å². The lowest BCUT2D eigenvalue weighted by Crippen LogP contribution is -2.23. The number of ether oxygens (including phenoxy) is 1. The number of amides is 1. The van der Waals surface area contributed by atoms with Crippen LogP contribution in [-0.2, 0) is 22.7 Å². The predicted octanol–water partition coefficient (Wildman–Crippen LogP) is 3.06. The van der Waals surface area contributed by atoms with Crippen LogP contribution in [0.4, 0.5) is 0 Å². The average molecular weight is 327 g/mol. The molecule has 0 fully saturated rings. The smallest absolute Gasteiger partial charge is 0.303 e. The van der Waals surface area contributed by atoms with Crippen LogP contribution < -0.4 is 10.1 Å². The van der Waals surface area contributed by atoms with Crippen molar-refractivity contribution < 1.29 is 19.4 Å². The van der Waals surface area contributed by atoms with Gasteiger partial charge in [-0.2, -0.15) is 0 Å². The van der Waals surface area contributed by atoms with Crippen LogP contribution in [0.1, 0.15) is 29.5 Å². The molecule has 0 spiro atoms. The van der Waals surface area contributed by atoms with Crippen LogP contribution in [-0.4, -0.2) is 17.0 Å². The first-order valence-electron chi connectivity index (χ1n) is 7.79. The Kier molecular flexibility index (Phi) is 6.37. The molecule has 5 nitrogen and oxygen atoms in total. The van der Waals surface area contributed by atoms with Crippen LogP contribution in [0.25, 0.3) is 0 Å². The second kappa shape index (κ2) is 8.72. The molecular formula is C19H21NO4. The van der Waals surface area contributed by atoms with E-state index >= 15 is 0 Å². The molecule has 24 heavy (non-hydrogen) atoms. The first-order valence-corrected chi connectivity index (χ1v) is 7.79. The van der Waals surface area contributed by atoms with Crippen LogP contribution in [0.5, 0.6) is 5.75 Å². The molecule has 0 saturated carbocycles. The molecule has 0 saturated heterocycles. The maximum Gasteiger partial charge on any atom is 0.303 e. The molecule has 2 aromatic rings. The fraction of sp³-hybridized carbons (Fsp3) is 0.263. The summed E-state index contributed by atoms with van der Waals surface area (Å²) in [7, 11) is 0. The first kappa shape index (κ1) is 17.5. The zero-order chi connectivity index (χ0) is 17.4. The fourth-order valence-corrected chi connectivity index (χ4v) is 2.22. The lowest BCUT2D eigenvalue weighted by molar-refractivity contribution is -0.138. The maximum absolute atomic E-state index is 11.5. The minimum absolute atomic E-state index is 0.0150. The highest BCUT2D eigenvalue weighted by atomic mass is 16.5. The number of carbonyl (C=O) groups is 2. The van der Waals surface area contributed by atoms with Gasteiger partial charge in [-0.3, -0.25) is 9.59 Å². The predicted molar refractivity (Wildman–Crippen MR) is 90.7 cm³/mol. The summed E-state index contributed by atoms with van der Waals surface area (Å²) in [4.78, 5) is 22.0. The number of hydrogen-bond acceptors (Lipinski definition) is 3. The molecule has 0 unspecified atom stereocenters. The Hall–Kier alpha value is -2.82. The van der Waals surface area contributed by atoms with Crippen molar-refractivity contribution >= 4 is 11.9 Å². The van der Waals surface area contributed by atoms with Crippen LogP contribution in [0.15, 0.2) is 48.5 Å². The van der Waals surface area contributed by atoms with E-state index in [0.29, 0.717) is 13.2 Å². The van der Waals surface area contributed by atoms with Gasteiger partial charge in [0.05, 0.1) is 6.42 Å². The monoisotopic (exact) mass is 327 g/mol. The Balaban J connectivity index is 1.84. The van der Waals surface area contributed by atoms with E-state index in [1.807, 2.05) is 49.4 Å². The quantitative estimate of drug-likeness (QED) is 0.781. The molecule has 0 bridgehead atoms. The average Bonchev–Trinajstić information content (AvgIpc) is 2.57. The molecule has 0 aromatic heterocycles. The van der Waals surface area contributed by atoms with Crippen molar-refractivity contribution in [3.05, 3.63) is 65.2 Å². The third-order valence-electron chi connectivity index (χ3n) is 3.44. The fourth-order valence-electron chi connectivity index (χ4n) is 2.22. The van der Waals surface area contributed by atoms with Gasteiger partial charge in [-0.25, -0.2) is 0 Å². The van der Waals surface area contributed by atoms with E-state index in [1.54, 1.807) is 0 Å². The zero-order valence-electron chi connectivity index (χ0n) is 13.6. The number of aliphatic carboxylic acids is 1. The molecule has 0 aliphatic heterocycles. The molecule has 2 aromatic carbocycles. The van der Waals surface area contributed by atoms with Crippen molar-refractivity contribution in [1.29, 1.82) is 0 Å². The third kappa shape index (κ3) is 6.12. The number of nitrogens with one attached hydrogen (secondary N) is 1. The lowest BCUT2D eigenvalue weighted by atomic mass is 10.1. The standard InChI is InChI=1S/C19H21NO4/c1-14-4-2-6-16(10-14)13-24-17-7-3-5-15(11-17)12-20-18(21)8-9-19(22)23/h2-7,10-11H,8-9,12-13H2,1H3,(H,20,21)(H,22,23). The summed E-state index contributed by atoms with van der Waals surface area (Å²) in [6.07, 6.45) is -0.176. The van der Waals surface area contributed by atoms with Gasteiger partial charge in [0.1, 0.15) is 12.4 Å². The van der Waals surface area contributed by atoms with Crippen LogP contribution in [0.3, 0.4) is 0 Å². The summed E-state index contributed by atoms with van der Waals surface area (Å²) in [5.41, 5.74) is 3.19. The number of carboxylic acids is 1. The van der Waals surface area contributed by atoms with Gasteiger partial charge in [-0.1, -0.05) is 42.0 Å². The molecule has 0 atom stereocenters. The van der Waals surface area contributed by atoms with E-state index in [2.05, 4.69) is 11.4 Å². The number of benzene rings is 2. The van der Waals surface area contributed by atoms with Crippen LogP contribution in [0.2, 0.25) is 0 Å². The second-order valence-electron chi connectivity index (χ2n) is 5.60. The van der Waals surface area contributed by atoms with E-state index in [-0.39, 0.29) is 18.7 Å². The first-order chi connectivity index (χ1) is 11.5. The van der Waals surface area contributed by atoms with Gasteiger partial charge >= 0.3 is 5.97 Å². The Morgan fingerprint density at radius 1 is 1.04 bits per heavy atom. The summed E-state index contributed by atoms with van der Waals surface area (Å²) in [5.74, 6) is -0.519. The Labute approximate surface area is 141 Å².